The Hall–Kier alpha value is -3.04. The van der Waals surface area contributed by atoms with E-state index in [1.807, 2.05) is 0 Å². The summed E-state index contributed by atoms with van der Waals surface area (Å²) >= 11 is 0. The molecule has 160 valence electrons. The largest absolute Gasteiger partial charge is 0.493 e. The van der Waals surface area contributed by atoms with Crippen molar-refractivity contribution in [1.82, 2.24) is 4.31 Å². The van der Waals surface area contributed by atoms with Crippen molar-refractivity contribution in [3.05, 3.63) is 47.5 Å². The average molecular weight is 432 g/mol. The summed E-state index contributed by atoms with van der Waals surface area (Å²) in [5.74, 6) is 1.21. The number of rotatable bonds is 6. The van der Waals surface area contributed by atoms with Gasteiger partial charge in [0.25, 0.3) is 0 Å². The monoisotopic (exact) mass is 432 g/mol. The van der Waals surface area contributed by atoms with E-state index in [4.69, 9.17) is 14.2 Å². The third-order valence-corrected chi connectivity index (χ3v) is 6.45. The normalized spacial score (nSPS) is 13.5. The van der Waals surface area contributed by atoms with Crippen molar-refractivity contribution in [2.45, 2.75) is 11.8 Å². The van der Waals surface area contributed by atoms with E-state index in [9.17, 15) is 13.2 Å². The molecule has 2 aromatic carbocycles. The number of hydrogen-bond donors (Lipinski definition) is 1. The molecule has 0 saturated carbocycles. The number of amides is 1. The predicted octanol–water partition coefficient (Wildman–Crippen LogP) is 2.68. The fraction of sp³-hybridized carbons (Fsp3) is 0.286. The fourth-order valence-corrected chi connectivity index (χ4v) is 4.04. The van der Waals surface area contributed by atoms with Crippen molar-refractivity contribution >= 4 is 27.7 Å². The lowest BCUT2D eigenvalue weighted by Gasteiger charge is -2.20. The minimum Gasteiger partial charge on any atom is -0.493 e. The number of ether oxygens (including phenoxy) is 3. The zero-order valence-corrected chi connectivity index (χ0v) is 18.1. The van der Waals surface area contributed by atoms with E-state index >= 15 is 0 Å². The summed E-state index contributed by atoms with van der Waals surface area (Å²) in [4.78, 5) is 12.5. The Morgan fingerprint density at radius 3 is 2.60 bits per heavy atom. The first-order valence-corrected chi connectivity index (χ1v) is 10.7. The second-order valence-electron chi connectivity index (χ2n) is 6.84. The first kappa shape index (κ1) is 21.7. The number of benzene rings is 2. The SMILES string of the molecule is COc1cc(C=CC(=O)Nc2ccc(C)c(S(=O)(=O)N(C)C)c2)cc2c1OCCO2. The number of hydrogen-bond acceptors (Lipinski definition) is 6. The molecule has 0 aliphatic carbocycles. The maximum absolute atomic E-state index is 12.4. The molecule has 1 heterocycles. The number of methoxy groups -OCH3 is 1. The number of anilines is 1. The molecule has 2 aromatic rings. The predicted molar refractivity (Wildman–Crippen MR) is 114 cm³/mol. The number of nitrogens with zero attached hydrogens (tertiary/aromatic N) is 1. The summed E-state index contributed by atoms with van der Waals surface area (Å²) in [6, 6.07) is 8.26. The molecule has 0 aromatic heterocycles. The van der Waals surface area contributed by atoms with Crippen LogP contribution in [-0.4, -0.2) is 53.0 Å². The fourth-order valence-electron chi connectivity index (χ4n) is 2.90. The molecular weight excluding hydrogens is 408 g/mol. The van der Waals surface area contributed by atoms with Gasteiger partial charge in [-0.1, -0.05) is 6.07 Å². The summed E-state index contributed by atoms with van der Waals surface area (Å²) in [6.07, 6.45) is 2.96. The molecule has 3 rings (SSSR count). The molecule has 0 spiro atoms. The number of carbonyl (C=O) groups is 1. The highest BCUT2D eigenvalue weighted by molar-refractivity contribution is 7.89. The Labute approximate surface area is 176 Å². The third kappa shape index (κ3) is 4.58. The van der Waals surface area contributed by atoms with E-state index in [0.717, 1.165) is 4.31 Å². The van der Waals surface area contributed by atoms with E-state index < -0.39 is 15.9 Å². The van der Waals surface area contributed by atoms with Crippen LogP contribution in [0, 0.1) is 6.92 Å². The van der Waals surface area contributed by atoms with Gasteiger partial charge in [-0.2, -0.15) is 0 Å². The second-order valence-corrected chi connectivity index (χ2v) is 8.96. The van der Waals surface area contributed by atoms with Crippen LogP contribution in [0.25, 0.3) is 6.08 Å². The molecule has 0 atom stereocenters. The van der Waals surface area contributed by atoms with Crippen LogP contribution in [0.15, 0.2) is 41.3 Å². The molecule has 0 radical (unpaired) electrons. The van der Waals surface area contributed by atoms with Gasteiger partial charge in [0.2, 0.25) is 21.7 Å². The van der Waals surface area contributed by atoms with E-state index in [1.54, 1.807) is 37.3 Å². The van der Waals surface area contributed by atoms with Crippen molar-refractivity contribution in [3.8, 4) is 17.2 Å². The molecule has 8 nitrogen and oxygen atoms in total. The van der Waals surface area contributed by atoms with Crippen LogP contribution >= 0.6 is 0 Å². The van der Waals surface area contributed by atoms with E-state index in [1.165, 1.54) is 33.3 Å². The first-order valence-electron chi connectivity index (χ1n) is 9.22. The zero-order chi connectivity index (χ0) is 21.9. The lowest BCUT2D eigenvalue weighted by Crippen LogP contribution is -2.23. The van der Waals surface area contributed by atoms with Gasteiger partial charge in [0.15, 0.2) is 11.5 Å². The standard InChI is InChI=1S/C21H24N2O6S/c1-14-5-7-16(13-19(14)30(25,26)23(2)3)22-20(24)8-6-15-11-17(27-4)21-18(12-15)28-9-10-29-21/h5-8,11-13H,9-10H2,1-4H3,(H,22,24). The molecule has 0 unspecified atom stereocenters. The van der Waals surface area contributed by atoms with Gasteiger partial charge in [-0.3, -0.25) is 4.79 Å². The van der Waals surface area contributed by atoms with Gasteiger partial charge in [-0.05, 0) is 48.4 Å². The Balaban J connectivity index is 1.79. The van der Waals surface area contributed by atoms with Crippen molar-refractivity contribution in [3.63, 3.8) is 0 Å². The molecular formula is C21H24N2O6S. The summed E-state index contributed by atoms with van der Waals surface area (Å²) in [6.45, 7) is 2.59. The van der Waals surface area contributed by atoms with Crippen LogP contribution in [0.2, 0.25) is 0 Å². The third-order valence-electron chi connectivity index (χ3n) is 4.49. The Morgan fingerprint density at radius 1 is 1.17 bits per heavy atom. The summed E-state index contributed by atoms with van der Waals surface area (Å²) in [5.41, 5.74) is 1.68. The van der Waals surface area contributed by atoms with Gasteiger partial charge in [0, 0.05) is 25.9 Å². The van der Waals surface area contributed by atoms with Gasteiger partial charge in [0.1, 0.15) is 13.2 Å². The van der Waals surface area contributed by atoms with Gasteiger partial charge in [-0.15, -0.1) is 0 Å². The summed E-state index contributed by atoms with van der Waals surface area (Å²) < 4.78 is 42.5. The minimum absolute atomic E-state index is 0.144. The zero-order valence-electron chi connectivity index (χ0n) is 17.3. The lowest BCUT2D eigenvalue weighted by atomic mass is 10.1. The number of carbonyl (C=O) groups excluding carboxylic acids is 1. The van der Waals surface area contributed by atoms with Crippen LogP contribution in [-0.2, 0) is 14.8 Å². The van der Waals surface area contributed by atoms with Crippen molar-refractivity contribution in [2.24, 2.45) is 0 Å². The average Bonchev–Trinajstić information content (AvgIpc) is 2.72. The highest BCUT2D eigenvalue weighted by Crippen LogP contribution is 2.40. The summed E-state index contributed by atoms with van der Waals surface area (Å²) in [5, 5.41) is 2.69. The smallest absolute Gasteiger partial charge is 0.248 e. The van der Waals surface area contributed by atoms with Gasteiger partial charge >= 0.3 is 0 Å². The molecule has 30 heavy (non-hydrogen) atoms. The van der Waals surface area contributed by atoms with Crippen molar-refractivity contribution in [1.29, 1.82) is 0 Å². The minimum atomic E-state index is -3.61. The topological polar surface area (TPSA) is 94.2 Å². The highest BCUT2D eigenvalue weighted by atomic mass is 32.2. The molecule has 1 aliphatic rings. The van der Waals surface area contributed by atoms with E-state index in [-0.39, 0.29) is 4.90 Å². The molecule has 1 N–H and O–H groups in total. The molecule has 0 bridgehead atoms. The maximum Gasteiger partial charge on any atom is 0.248 e. The van der Waals surface area contributed by atoms with Crippen LogP contribution in [0.5, 0.6) is 17.2 Å². The number of nitrogens with one attached hydrogen (secondary N) is 1. The van der Waals surface area contributed by atoms with Crippen LogP contribution in [0.4, 0.5) is 5.69 Å². The first-order chi connectivity index (χ1) is 14.2. The van der Waals surface area contributed by atoms with Crippen LogP contribution in [0.3, 0.4) is 0 Å². The summed E-state index contributed by atoms with van der Waals surface area (Å²) in [7, 11) is 0.844. The van der Waals surface area contributed by atoms with Gasteiger partial charge < -0.3 is 19.5 Å². The van der Waals surface area contributed by atoms with Crippen molar-refractivity contribution in [2.75, 3.05) is 39.7 Å². The molecule has 0 fully saturated rings. The van der Waals surface area contributed by atoms with Gasteiger partial charge in [-0.25, -0.2) is 12.7 Å². The molecule has 9 heteroatoms. The Morgan fingerprint density at radius 2 is 1.90 bits per heavy atom. The number of sulfonamides is 1. The molecule has 0 saturated heterocycles. The van der Waals surface area contributed by atoms with Gasteiger partial charge in [0.05, 0.1) is 12.0 Å². The van der Waals surface area contributed by atoms with Crippen LogP contribution < -0.4 is 19.5 Å². The Bertz CT molecular complexity index is 1080. The maximum atomic E-state index is 12.4. The molecule has 1 aliphatic heterocycles. The number of aryl methyl sites for hydroxylation is 1. The molecule has 1 amide bonds. The Kier molecular flexibility index (Phi) is 6.33. The van der Waals surface area contributed by atoms with E-state index in [0.29, 0.717) is 47.3 Å². The quantitative estimate of drug-likeness (QED) is 0.706. The van der Waals surface area contributed by atoms with Crippen LogP contribution in [0.1, 0.15) is 11.1 Å². The highest BCUT2D eigenvalue weighted by Gasteiger charge is 2.20. The van der Waals surface area contributed by atoms with E-state index in [2.05, 4.69) is 5.32 Å². The van der Waals surface area contributed by atoms with Crippen molar-refractivity contribution < 1.29 is 27.4 Å². The number of fused-ring (bicyclic) bond motifs is 1. The lowest BCUT2D eigenvalue weighted by molar-refractivity contribution is -0.111. The second kappa shape index (κ2) is 8.76.